The fourth-order valence-electron chi connectivity index (χ4n) is 4.75. The lowest BCUT2D eigenvalue weighted by atomic mass is 9.95. The van der Waals surface area contributed by atoms with E-state index in [9.17, 15) is 14.4 Å². The maximum absolute atomic E-state index is 13.9. The molecule has 5 rings (SSSR count). The Morgan fingerprint density at radius 1 is 1.08 bits per heavy atom. The smallest absolute Gasteiger partial charge is 0.338 e. The second-order valence-corrected chi connectivity index (χ2v) is 10.5. The van der Waals surface area contributed by atoms with Crippen LogP contribution in [-0.2, 0) is 14.3 Å². The van der Waals surface area contributed by atoms with E-state index in [4.69, 9.17) is 4.74 Å². The Morgan fingerprint density at radius 3 is 2.41 bits per heavy atom. The van der Waals surface area contributed by atoms with Gasteiger partial charge in [0.2, 0.25) is 0 Å². The van der Waals surface area contributed by atoms with Crippen LogP contribution >= 0.6 is 11.3 Å². The lowest BCUT2D eigenvalue weighted by molar-refractivity contribution is -0.139. The van der Waals surface area contributed by atoms with Crippen LogP contribution in [0.15, 0.2) is 80.8 Å². The highest BCUT2D eigenvalue weighted by atomic mass is 32.1. The van der Waals surface area contributed by atoms with Crippen molar-refractivity contribution in [2.75, 3.05) is 30.6 Å². The molecule has 0 bridgehead atoms. The summed E-state index contributed by atoms with van der Waals surface area (Å²) in [6.45, 7) is 5.47. The number of hydrogen-bond acceptors (Lipinski definition) is 8. The summed E-state index contributed by atoms with van der Waals surface area (Å²) in [7, 11) is 3.89. The minimum absolute atomic E-state index is 0.201. The predicted molar refractivity (Wildman–Crippen MR) is 153 cm³/mol. The highest BCUT2D eigenvalue weighted by Crippen LogP contribution is 2.32. The highest BCUT2D eigenvalue weighted by Gasteiger charge is 2.35. The Morgan fingerprint density at radius 2 is 1.77 bits per heavy atom. The van der Waals surface area contributed by atoms with E-state index >= 15 is 0 Å². The minimum Gasteiger partial charge on any atom is -0.463 e. The molecule has 3 heterocycles. The maximum Gasteiger partial charge on any atom is 0.338 e. The Labute approximate surface area is 229 Å². The molecule has 0 fully saturated rings. The number of esters is 1. The molecule has 2 aliphatic heterocycles. The zero-order valence-corrected chi connectivity index (χ0v) is 23.2. The van der Waals surface area contributed by atoms with Crippen LogP contribution in [-0.4, -0.2) is 42.9 Å². The van der Waals surface area contributed by atoms with Gasteiger partial charge < -0.3 is 9.64 Å². The first-order valence-corrected chi connectivity index (χ1v) is 13.4. The second-order valence-electron chi connectivity index (χ2n) is 9.52. The summed E-state index contributed by atoms with van der Waals surface area (Å²) in [5.74, 6) is -1.43. The number of benzene rings is 2. The van der Waals surface area contributed by atoms with E-state index in [1.807, 2.05) is 73.6 Å². The third-order valence-corrected chi connectivity index (χ3v) is 7.74. The average Bonchev–Trinajstić information content (AvgIpc) is 3.38. The number of anilines is 2. The molecule has 1 amide bonds. The van der Waals surface area contributed by atoms with Crippen molar-refractivity contribution >= 4 is 46.4 Å². The van der Waals surface area contributed by atoms with E-state index < -0.39 is 17.9 Å². The normalized spacial score (nSPS) is 19.1. The van der Waals surface area contributed by atoms with Crippen LogP contribution in [0.5, 0.6) is 0 Å². The first-order chi connectivity index (χ1) is 18.7. The molecule has 0 radical (unpaired) electrons. The first kappa shape index (κ1) is 26.3. The van der Waals surface area contributed by atoms with Gasteiger partial charge in [0.15, 0.2) is 4.80 Å². The number of ether oxygens (including phenoxy) is 1. The molecule has 9 nitrogen and oxygen atoms in total. The molecule has 3 aromatic rings. The summed E-state index contributed by atoms with van der Waals surface area (Å²) in [6, 6.07) is 16.2. The van der Waals surface area contributed by atoms with Gasteiger partial charge in [-0.2, -0.15) is 10.1 Å². The minimum atomic E-state index is -0.714. The molecule has 0 spiro atoms. The molecular formula is C29H29N5O4S. The lowest BCUT2D eigenvalue weighted by Crippen LogP contribution is -2.40. The summed E-state index contributed by atoms with van der Waals surface area (Å²) in [6.07, 6.45) is 1.66. The van der Waals surface area contributed by atoms with Crippen molar-refractivity contribution in [3.8, 4) is 0 Å². The van der Waals surface area contributed by atoms with Crippen LogP contribution in [0.25, 0.3) is 6.08 Å². The number of thiazole rings is 1. The van der Waals surface area contributed by atoms with E-state index in [0.29, 0.717) is 32.0 Å². The van der Waals surface area contributed by atoms with E-state index in [0.717, 1.165) is 11.3 Å². The number of fused-ring (bicyclic) bond motifs is 1. The predicted octanol–water partition coefficient (Wildman–Crippen LogP) is 2.85. The molecule has 0 unspecified atom stereocenters. The molecule has 200 valence electrons. The van der Waals surface area contributed by atoms with Crippen molar-refractivity contribution in [1.29, 1.82) is 0 Å². The van der Waals surface area contributed by atoms with E-state index in [-0.39, 0.29) is 18.1 Å². The van der Waals surface area contributed by atoms with Crippen LogP contribution in [0.1, 0.15) is 32.4 Å². The van der Waals surface area contributed by atoms with E-state index in [1.165, 1.54) is 20.9 Å². The molecule has 10 heteroatoms. The third-order valence-electron chi connectivity index (χ3n) is 6.74. The van der Waals surface area contributed by atoms with Crippen LogP contribution in [0.3, 0.4) is 0 Å². The molecule has 1 aromatic heterocycles. The number of carbonyl (C=O) groups excluding carboxylic acids is 2. The van der Waals surface area contributed by atoms with E-state index in [2.05, 4.69) is 10.1 Å². The topological polar surface area (TPSA) is 96.6 Å². The number of carbonyl (C=O) groups is 2. The average molecular weight is 544 g/mol. The molecule has 2 aliphatic rings. The molecule has 0 N–H and O–H groups in total. The Bertz CT molecular complexity index is 1680. The van der Waals surface area contributed by atoms with Crippen molar-refractivity contribution in [3.63, 3.8) is 0 Å². The van der Waals surface area contributed by atoms with Crippen LogP contribution in [0.2, 0.25) is 0 Å². The fraction of sp³-hybridized carbons (Fsp3) is 0.276. The zero-order valence-electron chi connectivity index (χ0n) is 22.4. The van der Waals surface area contributed by atoms with Crippen molar-refractivity contribution in [2.45, 2.75) is 26.8 Å². The lowest BCUT2D eigenvalue weighted by Gasteiger charge is -2.25. The zero-order chi connectivity index (χ0) is 27.8. The summed E-state index contributed by atoms with van der Waals surface area (Å²) in [5.41, 5.74) is 3.49. The number of hydrogen-bond donors (Lipinski definition) is 0. The van der Waals surface area contributed by atoms with Gasteiger partial charge in [0.1, 0.15) is 5.92 Å². The number of rotatable bonds is 6. The van der Waals surface area contributed by atoms with E-state index in [1.54, 1.807) is 26.8 Å². The van der Waals surface area contributed by atoms with Gasteiger partial charge in [-0.25, -0.2) is 9.79 Å². The van der Waals surface area contributed by atoms with Crippen molar-refractivity contribution in [3.05, 3.63) is 91.1 Å². The van der Waals surface area contributed by atoms with Gasteiger partial charge in [-0.1, -0.05) is 41.7 Å². The van der Waals surface area contributed by atoms with Crippen LogP contribution < -0.4 is 24.8 Å². The molecule has 2 aromatic carbocycles. The number of hydrazone groups is 1. The molecule has 0 saturated carbocycles. The molecular weight excluding hydrogens is 514 g/mol. The summed E-state index contributed by atoms with van der Waals surface area (Å²) in [4.78, 5) is 47.3. The summed E-state index contributed by atoms with van der Waals surface area (Å²) in [5, 5.41) is 5.82. The molecule has 0 saturated heterocycles. The third kappa shape index (κ3) is 4.72. The summed E-state index contributed by atoms with van der Waals surface area (Å²) >= 11 is 1.20. The molecule has 0 aliphatic carbocycles. The van der Waals surface area contributed by atoms with Crippen LogP contribution in [0.4, 0.5) is 11.4 Å². The van der Waals surface area contributed by atoms with Gasteiger partial charge in [-0.15, -0.1) is 0 Å². The van der Waals surface area contributed by atoms with Gasteiger partial charge in [0.25, 0.3) is 11.5 Å². The Hall–Kier alpha value is -4.31. The fourth-order valence-corrected chi connectivity index (χ4v) is 5.81. The van der Waals surface area contributed by atoms with Crippen molar-refractivity contribution in [2.24, 2.45) is 16.0 Å². The van der Waals surface area contributed by atoms with Gasteiger partial charge >= 0.3 is 5.97 Å². The number of amides is 1. The monoisotopic (exact) mass is 543 g/mol. The number of para-hydroxylation sites is 1. The SMILES string of the molecule is CCOC(=O)C1=C(C)N=c2s/c(=C/[C@H]3C(=O)N(c4ccccc4)N=C3C)c(=O)n2[C@@H]1c1ccc(N(C)C)cc1. The van der Waals surface area contributed by atoms with Crippen LogP contribution in [0, 0.1) is 5.92 Å². The van der Waals surface area contributed by atoms with Gasteiger partial charge in [0.05, 0.1) is 39.9 Å². The van der Waals surface area contributed by atoms with Gasteiger partial charge in [0, 0.05) is 19.8 Å². The standard InChI is InChI=1S/C29H29N5O4S/c1-6-38-28(37)24-18(3)30-29-33(25(24)19-12-14-20(15-13-19)32(4)5)27(36)23(39-29)16-22-17(2)31-34(26(22)35)21-10-8-7-9-11-21/h7-16,22,25H,6H2,1-5H3/b23-16+/t22-,25-/m1/s1. The van der Waals surface area contributed by atoms with Crippen molar-refractivity contribution in [1.82, 2.24) is 4.57 Å². The van der Waals surface area contributed by atoms with Gasteiger partial charge in [-0.05, 0) is 56.7 Å². The summed E-state index contributed by atoms with van der Waals surface area (Å²) < 4.78 is 7.26. The number of allylic oxidation sites excluding steroid dienone is 1. The first-order valence-electron chi connectivity index (χ1n) is 12.6. The maximum atomic E-state index is 13.9. The van der Waals surface area contributed by atoms with Crippen molar-refractivity contribution < 1.29 is 14.3 Å². The second kappa shape index (κ2) is 10.5. The highest BCUT2D eigenvalue weighted by molar-refractivity contribution is 7.07. The quantitative estimate of drug-likeness (QED) is 0.446. The molecule has 39 heavy (non-hydrogen) atoms. The van der Waals surface area contributed by atoms with Gasteiger partial charge in [-0.3, -0.25) is 14.2 Å². The number of nitrogens with zero attached hydrogens (tertiary/aromatic N) is 5. The molecule has 2 atom stereocenters. The number of aromatic nitrogens is 1. The Kier molecular flexibility index (Phi) is 7.05. The Balaban J connectivity index is 1.62. The largest absolute Gasteiger partial charge is 0.463 e.